The molecule has 6 heteroatoms. The van der Waals surface area contributed by atoms with E-state index in [9.17, 15) is 0 Å². The molecule has 2 aromatic rings. The van der Waals surface area contributed by atoms with Gasteiger partial charge in [0.15, 0.2) is 0 Å². The molecule has 120 valence electrons. The summed E-state index contributed by atoms with van der Waals surface area (Å²) >= 11 is 0. The van der Waals surface area contributed by atoms with Gasteiger partial charge < -0.3 is 14.0 Å². The van der Waals surface area contributed by atoms with Gasteiger partial charge in [0.25, 0.3) is 0 Å². The van der Waals surface area contributed by atoms with E-state index in [0.717, 1.165) is 36.0 Å². The van der Waals surface area contributed by atoms with Gasteiger partial charge in [-0.3, -0.25) is 4.90 Å². The van der Waals surface area contributed by atoms with Crippen molar-refractivity contribution in [2.45, 2.75) is 26.4 Å². The van der Waals surface area contributed by atoms with Crippen LogP contribution in [-0.4, -0.2) is 47.5 Å². The van der Waals surface area contributed by atoms with Crippen LogP contribution in [0.15, 0.2) is 24.5 Å². The van der Waals surface area contributed by atoms with Crippen LogP contribution in [0.2, 0.25) is 0 Å². The van der Waals surface area contributed by atoms with E-state index >= 15 is 0 Å². The third-order valence-corrected chi connectivity index (χ3v) is 4.05. The second kappa shape index (κ2) is 7.26. The lowest BCUT2D eigenvalue weighted by Gasteiger charge is -2.26. The number of likely N-dealkylation sites (N-methyl/N-ethyl adjacent to an activating group) is 1. The van der Waals surface area contributed by atoms with Crippen LogP contribution in [0.3, 0.4) is 0 Å². The molecule has 1 atom stereocenters. The third kappa shape index (κ3) is 3.57. The molecule has 0 aliphatic rings. The average Bonchev–Trinajstić information content (AvgIpc) is 2.96. The molecule has 0 bridgehead atoms. The molecular weight excluding hydrogens is 280 g/mol. The zero-order valence-corrected chi connectivity index (χ0v) is 13.9. The van der Waals surface area contributed by atoms with Gasteiger partial charge in [0.05, 0.1) is 14.2 Å². The summed E-state index contributed by atoms with van der Waals surface area (Å²) < 4.78 is 12.8. The van der Waals surface area contributed by atoms with Crippen LogP contribution in [0.5, 0.6) is 11.5 Å². The van der Waals surface area contributed by atoms with Crippen LogP contribution in [0, 0.1) is 6.92 Å². The molecule has 1 heterocycles. The number of nitrogens with zero attached hydrogens (tertiary/aromatic N) is 4. The van der Waals surface area contributed by atoms with E-state index in [1.807, 2.05) is 19.1 Å². The van der Waals surface area contributed by atoms with Crippen molar-refractivity contribution in [2.75, 3.05) is 27.8 Å². The largest absolute Gasteiger partial charge is 0.497 e. The summed E-state index contributed by atoms with van der Waals surface area (Å²) in [6.07, 6.45) is 1.77. The number of aromatic nitrogens is 3. The Morgan fingerprint density at radius 2 is 2.05 bits per heavy atom. The van der Waals surface area contributed by atoms with Crippen LogP contribution >= 0.6 is 0 Å². The number of benzene rings is 1. The highest BCUT2D eigenvalue weighted by atomic mass is 16.5. The molecule has 0 amide bonds. The SMILES string of the molecule is COc1ccc(C(C)N(C)CCn2cnnc2C)c(OC)c1. The third-order valence-electron chi connectivity index (χ3n) is 4.05. The first-order chi connectivity index (χ1) is 10.6. The fourth-order valence-electron chi connectivity index (χ4n) is 2.39. The number of hydrogen-bond donors (Lipinski definition) is 0. The molecule has 0 aliphatic heterocycles. The second-order valence-corrected chi connectivity index (χ2v) is 5.34. The lowest BCUT2D eigenvalue weighted by Crippen LogP contribution is -2.27. The smallest absolute Gasteiger partial charge is 0.129 e. The number of rotatable bonds is 7. The number of methoxy groups -OCH3 is 2. The average molecular weight is 304 g/mol. The van der Waals surface area contributed by atoms with E-state index in [1.54, 1.807) is 20.5 Å². The molecule has 0 radical (unpaired) electrons. The predicted molar refractivity (Wildman–Crippen MR) is 85.4 cm³/mol. The molecule has 0 aliphatic carbocycles. The molecular formula is C16H24N4O2. The Morgan fingerprint density at radius 1 is 1.27 bits per heavy atom. The summed E-state index contributed by atoms with van der Waals surface area (Å²) in [5, 5.41) is 7.91. The van der Waals surface area contributed by atoms with Crippen molar-refractivity contribution < 1.29 is 9.47 Å². The van der Waals surface area contributed by atoms with Gasteiger partial charge in [-0.05, 0) is 27.0 Å². The quantitative estimate of drug-likeness (QED) is 0.785. The minimum Gasteiger partial charge on any atom is -0.497 e. The zero-order chi connectivity index (χ0) is 16.1. The van der Waals surface area contributed by atoms with E-state index in [0.29, 0.717) is 0 Å². The summed E-state index contributed by atoms with van der Waals surface area (Å²) in [7, 11) is 5.45. The first kappa shape index (κ1) is 16.3. The number of hydrogen-bond acceptors (Lipinski definition) is 5. The summed E-state index contributed by atoms with van der Waals surface area (Å²) in [6, 6.07) is 6.18. The Balaban J connectivity index is 2.06. The van der Waals surface area contributed by atoms with Gasteiger partial charge in [-0.15, -0.1) is 10.2 Å². The van der Waals surface area contributed by atoms with Crippen molar-refractivity contribution in [3.8, 4) is 11.5 Å². The van der Waals surface area contributed by atoms with E-state index in [4.69, 9.17) is 9.47 Å². The van der Waals surface area contributed by atoms with Crippen molar-refractivity contribution in [3.05, 3.63) is 35.9 Å². The van der Waals surface area contributed by atoms with Gasteiger partial charge in [0, 0.05) is 30.8 Å². The van der Waals surface area contributed by atoms with Crippen molar-refractivity contribution >= 4 is 0 Å². The summed E-state index contributed by atoms with van der Waals surface area (Å²) in [4.78, 5) is 2.28. The lowest BCUT2D eigenvalue weighted by molar-refractivity contribution is 0.244. The Morgan fingerprint density at radius 3 is 2.64 bits per heavy atom. The monoisotopic (exact) mass is 304 g/mol. The highest BCUT2D eigenvalue weighted by molar-refractivity contribution is 5.42. The molecule has 0 spiro atoms. The standard InChI is InChI=1S/C16H24N4O2/c1-12(15-7-6-14(21-4)10-16(15)22-5)19(3)8-9-20-11-17-18-13(20)2/h6-7,10-12H,8-9H2,1-5H3. The molecule has 2 rings (SSSR count). The maximum absolute atomic E-state index is 5.50. The molecule has 0 fully saturated rings. The molecule has 1 aromatic heterocycles. The first-order valence-electron chi connectivity index (χ1n) is 7.33. The molecule has 1 aromatic carbocycles. The minimum atomic E-state index is 0.234. The number of ether oxygens (including phenoxy) is 2. The van der Waals surface area contributed by atoms with Gasteiger partial charge >= 0.3 is 0 Å². The molecule has 0 saturated carbocycles. The van der Waals surface area contributed by atoms with Crippen molar-refractivity contribution in [3.63, 3.8) is 0 Å². The Kier molecular flexibility index (Phi) is 5.38. The van der Waals surface area contributed by atoms with E-state index in [1.165, 1.54) is 0 Å². The Bertz CT molecular complexity index is 612. The molecule has 1 unspecified atom stereocenters. The van der Waals surface area contributed by atoms with Gasteiger partial charge in [-0.25, -0.2) is 0 Å². The molecule has 22 heavy (non-hydrogen) atoms. The summed E-state index contributed by atoms with van der Waals surface area (Å²) in [5.74, 6) is 2.58. The highest BCUT2D eigenvalue weighted by Crippen LogP contribution is 2.31. The van der Waals surface area contributed by atoms with Crippen LogP contribution in [0.4, 0.5) is 0 Å². The van der Waals surface area contributed by atoms with Crippen molar-refractivity contribution in [1.29, 1.82) is 0 Å². The van der Waals surface area contributed by atoms with E-state index < -0.39 is 0 Å². The van der Waals surface area contributed by atoms with Crippen LogP contribution in [-0.2, 0) is 6.54 Å². The topological polar surface area (TPSA) is 52.4 Å². The van der Waals surface area contributed by atoms with E-state index in [2.05, 4.69) is 39.7 Å². The number of aryl methyl sites for hydroxylation is 1. The van der Waals surface area contributed by atoms with Crippen LogP contribution in [0.25, 0.3) is 0 Å². The van der Waals surface area contributed by atoms with Gasteiger partial charge in [0.1, 0.15) is 23.7 Å². The van der Waals surface area contributed by atoms with Gasteiger partial charge in [-0.2, -0.15) is 0 Å². The fourth-order valence-corrected chi connectivity index (χ4v) is 2.39. The van der Waals surface area contributed by atoms with Gasteiger partial charge in [-0.1, -0.05) is 6.07 Å². The Hall–Kier alpha value is -2.08. The maximum atomic E-state index is 5.50. The molecule has 0 saturated heterocycles. The minimum absolute atomic E-state index is 0.234. The molecule has 6 nitrogen and oxygen atoms in total. The maximum Gasteiger partial charge on any atom is 0.129 e. The lowest BCUT2D eigenvalue weighted by atomic mass is 10.1. The fraction of sp³-hybridized carbons (Fsp3) is 0.500. The summed E-state index contributed by atoms with van der Waals surface area (Å²) in [6.45, 7) is 5.89. The van der Waals surface area contributed by atoms with Gasteiger partial charge in [0.2, 0.25) is 0 Å². The summed E-state index contributed by atoms with van der Waals surface area (Å²) in [5.41, 5.74) is 1.14. The van der Waals surface area contributed by atoms with Crippen molar-refractivity contribution in [1.82, 2.24) is 19.7 Å². The highest BCUT2D eigenvalue weighted by Gasteiger charge is 2.17. The second-order valence-electron chi connectivity index (χ2n) is 5.34. The zero-order valence-electron chi connectivity index (χ0n) is 13.9. The van der Waals surface area contributed by atoms with Crippen LogP contribution < -0.4 is 9.47 Å². The van der Waals surface area contributed by atoms with E-state index in [-0.39, 0.29) is 6.04 Å². The first-order valence-corrected chi connectivity index (χ1v) is 7.33. The predicted octanol–water partition coefficient (Wildman–Crippen LogP) is 2.30. The van der Waals surface area contributed by atoms with Crippen LogP contribution in [0.1, 0.15) is 24.4 Å². The van der Waals surface area contributed by atoms with Crippen molar-refractivity contribution in [2.24, 2.45) is 0 Å². The normalized spacial score (nSPS) is 12.5. The Labute approximate surface area is 131 Å². The molecule has 0 N–H and O–H groups in total.